The van der Waals surface area contributed by atoms with E-state index in [1.807, 2.05) is 12.1 Å². The highest BCUT2D eigenvalue weighted by atomic mass is 35.5. The van der Waals surface area contributed by atoms with E-state index in [1.54, 1.807) is 30.2 Å². The van der Waals surface area contributed by atoms with Gasteiger partial charge in [-0.25, -0.2) is 8.42 Å². The summed E-state index contributed by atoms with van der Waals surface area (Å²) >= 11 is 13.1. The van der Waals surface area contributed by atoms with Gasteiger partial charge in [-0.15, -0.1) is 11.3 Å². The zero-order chi connectivity index (χ0) is 26.3. The van der Waals surface area contributed by atoms with Crippen LogP contribution >= 0.6 is 34.5 Å². The minimum absolute atomic E-state index is 0.0713. The molecule has 3 heterocycles. The number of piperidine rings is 1. The van der Waals surface area contributed by atoms with Gasteiger partial charge in [-0.1, -0.05) is 41.8 Å². The number of thiophene rings is 1. The molecule has 3 aromatic rings. The van der Waals surface area contributed by atoms with Crippen LogP contribution in [0, 0.1) is 0 Å². The van der Waals surface area contributed by atoms with E-state index >= 15 is 0 Å². The molecule has 1 atom stereocenters. The molecule has 0 aliphatic carbocycles. The van der Waals surface area contributed by atoms with Gasteiger partial charge in [-0.2, -0.15) is 4.31 Å². The predicted octanol–water partition coefficient (Wildman–Crippen LogP) is 5.39. The van der Waals surface area contributed by atoms with E-state index in [-0.39, 0.29) is 26.0 Å². The fourth-order valence-corrected chi connectivity index (χ4v) is 8.81. The standard InChI is InChI=1S/C25H25Cl2N3O5S2/c1-35-13-5-11-29-18-10-9-17(15-6-4-7-16(22(15)18)25(29)32)28-24(31)19-8-2-3-12-30(19)37(33,34)20-14-21(26)36-23(20)27/h4,6-7,9-10,14,19H,2-3,5,8,11-13H2,1H3,(H,28,31). The van der Waals surface area contributed by atoms with E-state index < -0.39 is 22.0 Å². The van der Waals surface area contributed by atoms with Crippen LogP contribution in [-0.4, -0.2) is 57.4 Å². The lowest BCUT2D eigenvalue weighted by Crippen LogP contribution is -2.49. The van der Waals surface area contributed by atoms with Crippen molar-refractivity contribution < 1.29 is 22.7 Å². The minimum Gasteiger partial charge on any atom is -0.385 e. The zero-order valence-corrected chi connectivity index (χ0v) is 23.1. The van der Waals surface area contributed by atoms with Crippen LogP contribution in [0.4, 0.5) is 11.4 Å². The molecule has 5 rings (SSSR count). The number of methoxy groups -OCH3 is 1. The molecular formula is C25H25Cl2N3O5S2. The van der Waals surface area contributed by atoms with Gasteiger partial charge in [-0.3, -0.25) is 9.59 Å². The van der Waals surface area contributed by atoms with E-state index in [1.165, 1.54) is 10.4 Å². The van der Waals surface area contributed by atoms with Gasteiger partial charge in [0, 0.05) is 48.8 Å². The zero-order valence-electron chi connectivity index (χ0n) is 20.0. The van der Waals surface area contributed by atoms with Gasteiger partial charge in [0.15, 0.2) is 0 Å². The van der Waals surface area contributed by atoms with Gasteiger partial charge in [0.25, 0.3) is 5.91 Å². The smallest absolute Gasteiger partial charge is 0.258 e. The van der Waals surface area contributed by atoms with Crippen LogP contribution in [0.15, 0.2) is 41.3 Å². The van der Waals surface area contributed by atoms with Crippen molar-refractivity contribution in [3.05, 3.63) is 50.6 Å². The Morgan fingerprint density at radius 1 is 1.22 bits per heavy atom. The summed E-state index contributed by atoms with van der Waals surface area (Å²) in [5.74, 6) is -0.515. The number of halogens is 2. The highest BCUT2D eigenvalue weighted by Crippen LogP contribution is 2.41. The largest absolute Gasteiger partial charge is 0.385 e. The topological polar surface area (TPSA) is 96.0 Å². The number of nitrogens with zero attached hydrogens (tertiary/aromatic N) is 2. The Kier molecular flexibility index (Phi) is 7.50. The van der Waals surface area contributed by atoms with Gasteiger partial charge in [-0.05, 0) is 43.5 Å². The van der Waals surface area contributed by atoms with Crippen LogP contribution in [0.5, 0.6) is 0 Å². The van der Waals surface area contributed by atoms with Crippen LogP contribution < -0.4 is 10.2 Å². The lowest BCUT2D eigenvalue weighted by Gasteiger charge is -2.33. The normalized spacial score (nSPS) is 18.1. The number of rotatable bonds is 8. The average Bonchev–Trinajstić information content (AvgIpc) is 3.38. The maximum atomic E-state index is 13.5. The number of sulfonamides is 1. The molecule has 1 N–H and O–H groups in total. The summed E-state index contributed by atoms with van der Waals surface area (Å²) in [6.45, 7) is 1.27. The number of benzene rings is 2. The van der Waals surface area contributed by atoms with E-state index in [0.29, 0.717) is 43.7 Å². The third-order valence-corrected chi connectivity index (χ3v) is 10.4. The maximum absolute atomic E-state index is 13.5. The van der Waals surface area contributed by atoms with Gasteiger partial charge in [0.05, 0.1) is 10.0 Å². The maximum Gasteiger partial charge on any atom is 0.258 e. The second-order valence-corrected chi connectivity index (χ2v) is 13.1. The third kappa shape index (κ3) is 4.75. The first-order chi connectivity index (χ1) is 17.7. The number of hydrogen-bond donors (Lipinski definition) is 1. The molecule has 1 aromatic heterocycles. The lowest BCUT2D eigenvalue weighted by molar-refractivity contribution is -0.120. The van der Waals surface area contributed by atoms with Crippen LogP contribution in [0.2, 0.25) is 8.67 Å². The highest BCUT2D eigenvalue weighted by Gasteiger charge is 2.39. The van der Waals surface area contributed by atoms with Crippen LogP contribution in [0.3, 0.4) is 0 Å². The monoisotopic (exact) mass is 581 g/mol. The fourth-order valence-electron chi connectivity index (χ4n) is 5.04. The van der Waals surface area contributed by atoms with Crippen molar-refractivity contribution >= 4 is 78.5 Å². The van der Waals surface area contributed by atoms with E-state index in [4.69, 9.17) is 27.9 Å². The van der Waals surface area contributed by atoms with Gasteiger partial charge < -0.3 is 15.0 Å². The Bertz CT molecular complexity index is 1490. The van der Waals surface area contributed by atoms with Gasteiger partial charge in [0.1, 0.15) is 15.3 Å². The Morgan fingerprint density at radius 3 is 2.76 bits per heavy atom. The molecule has 2 aliphatic rings. The molecule has 0 bridgehead atoms. The van der Waals surface area contributed by atoms with Crippen molar-refractivity contribution in [2.45, 2.75) is 36.6 Å². The summed E-state index contributed by atoms with van der Waals surface area (Å²) in [6.07, 6.45) is 2.44. The molecule has 2 aliphatic heterocycles. The van der Waals surface area contributed by atoms with Crippen molar-refractivity contribution in [2.24, 2.45) is 0 Å². The summed E-state index contributed by atoms with van der Waals surface area (Å²) in [5, 5.41) is 4.44. The van der Waals surface area contributed by atoms with Gasteiger partial charge in [0.2, 0.25) is 15.9 Å². The number of nitrogens with one attached hydrogen (secondary N) is 1. The average molecular weight is 583 g/mol. The minimum atomic E-state index is -4.03. The number of anilines is 2. The summed E-state index contributed by atoms with van der Waals surface area (Å²) in [5.41, 5.74) is 1.89. The summed E-state index contributed by atoms with van der Waals surface area (Å²) in [4.78, 5) is 28.2. The quantitative estimate of drug-likeness (QED) is 0.360. The van der Waals surface area contributed by atoms with E-state index in [2.05, 4.69) is 5.32 Å². The first-order valence-electron chi connectivity index (χ1n) is 11.9. The number of ether oxygens (including phenoxy) is 1. The molecule has 196 valence electrons. The molecule has 37 heavy (non-hydrogen) atoms. The van der Waals surface area contributed by atoms with Crippen LogP contribution in [0.1, 0.15) is 36.0 Å². The predicted molar refractivity (Wildman–Crippen MR) is 147 cm³/mol. The second-order valence-electron chi connectivity index (χ2n) is 8.97. The molecule has 0 saturated carbocycles. The van der Waals surface area contributed by atoms with Crippen LogP contribution in [0.25, 0.3) is 10.8 Å². The number of amides is 2. The first kappa shape index (κ1) is 26.4. The van der Waals surface area contributed by atoms with Crippen LogP contribution in [-0.2, 0) is 19.6 Å². The fraction of sp³-hybridized carbons (Fsp3) is 0.360. The first-order valence-corrected chi connectivity index (χ1v) is 14.9. The Morgan fingerprint density at radius 2 is 2.03 bits per heavy atom. The Labute approximate surface area is 229 Å². The SMILES string of the molecule is COCCCN1C(=O)c2cccc3c(NC(=O)C4CCCCN4S(=O)(=O)c4cc(Cl)sc4Cl)ccc1c23. The van der Waals surface area contributed by atoms with Gasteiger partial charge >= 0.3 is 0 Å². The van der Waals surface area contributed by atoms with E-state index in [9.17, 15) is 18.0 Å². The third-order valence-electron chi connectivity index (χ3n) is 6.74. The second kappa shape index (κ2) is 10.5. The summed E-state index contributed by atoms with van der Waals surface area (Å²) in [6, 6.07) is 9.43. The number of carbonyl (C=O) groups is 2. The van der Waals surface area contributed by atoms with Crippen molar-refractivity contribution in [2.75, 3.05) is 37.0 Å². The Hall–Kier alpha value is -2.21. The molecule has 0 spiro atoms. The molecule has 2 amide bonds. The summed E-state index contributed by atoms with van der Waals surface area (Å²) < 4.78 is 33.6. The van der Waals surface area contributed by atoms with Crippen molar-refractivity contribution in [1.29, 1.82) is 0 Å². The molecule has 1 fully saturated rings. The van der Waals surface area contributed by atoms with Crippen molar-refractivity contribution in [1.82, 2.24) is 4.31 Å². The number of carbonyl (C=O) groups excluding carboxylic acids is 2. The molecule has 1 unspecified atom stereocenters. The molecule has 12 heteroatoms. The summed E-state index contributed by atoms with van der Waals surface area (Å²) in [7, 11) is -2.40. The molecule has 2 aromatic carbocycles. The molecule has 0 radical (unpaired) electrons. The highest BCUT2D eigenvalue weighted by molar-refractivity contribution is 7.89. The Balaban J connectivity index is 1.45. The van der Waals surface area contributed by atoms with E-state index in [0.717, 1.165) is 34.2 Å². The molecule has 1 saturated heterocycles. The molecular weight excluding hydrogens is 557 g/mol. The lowest BCUT2D eigenvalue weighted by atomic mass is 10.0. The van der Waals surface area contributed by atoms with Crippen molar-refractivity contribution in [3.63, 3.8) is 0 Å². The van der Waals surface area contributed by atoms with Crippen molar-refractivity contribution in [3.8, 4) is 0 Å². The molecule has 8 nitrogen and oxygen atoms in total. The number of hydrogen-bond acceptors (Lipinski definition) is 6.